The molecule has 1 atom stereocenters. The van der Waals surface area contributed by atoms with E-state index >= 15 is 0 Å². The zero-order chi connectivity index (χ0) is 14.7. The zero-order valence-electron chi connectivity index (χ0n) is 13.4. The van der Waals surface area contributed by atoms with Gasteiger partial charge in [0.25, 0.3) is 0 Å². The fraction of sp³-hybridized carbons (Fsp3) is 0.667. The van der Waals surface area contributed by atoms with E-state index in [9.17, 15) is 0 Å². The Morgan fingerprint density at radius 1 is 1.33 bits per heavy atom. The average Bonchev–Trinajstić information content (AvgIpc) is 2.97. The zero-order valence-corrected chi connectivity index (χ0v) is 13.4. The highest BCUT2D eigenvalue weighted by Gasteiger charge is 2.21. The summed E-state index contributed by atoms with van der Waals surface area (Å²) in [5.74, 6) is 1.08. The normalized spacial score (nSPS) is 21.0. The number of hydrogen-bond donors (Lipinski definition) is 1. The molecule has 1 saturated heterocycles. The van der Waals surface area contributed by atoms with Gasteiger partial charge in [-0.3, -0.25) is 0 Å². The molecule has 3 rings (SSSR count). The van der Waals surface area contributed by atoms with E-state index in [-0.39, 0.29) is 0 Å². The van der Waals surface area contributed by atoms with Crippen molar-refractivity contribution < 1.29 is 4.74 Å². The predicted octanol–water partition coefficient (Wildman–Crippen LogP) is 3.15. The van der Waals surface area contributed by atoms with Crippen molar-refractivity contribution >= 4 is 0 Å². The topological polar surface area (TPSA) is 24.5 Å². The van der Waals surface area contributed by atoms with E-state index in [0.717, 1.165) is 18.8 Å². The number of fused-ring (bicyclic) bond motifs is 1. The number of ether oxygens (including phenoxy) is 1. The van der Waals surface area contributed by atoms with Crippen LogP contribution in [-0.4, -0.2) is 37.2 Å². The maximum atomic E-state index is 5.59. The first-order valence-corrected chi connectivity index (χ1v) is 8.50. The maximum absolute atomic E-state index is 5.59. The van der Waals surface area contributed by atoms with Gasteiger partial charge in [0.15, 0.2) is 0 Å². The summed E-state index contributed by atoms with van der Waals surface area (Å²) in [4.78, 5) is 2.59. The largest absolute Gasteiger partial charge is 0.493 e. The highest BCUT2D eigenvalue weighted by Crippen LogP contribution is 2.28. The van der Waals surface area contributed by atoms with Crippen LogP contribution in [0.3, 0.4) is 0 Å². The molecule has 0 bridgehead atoms. The van der Waals surface area contributed by atoms with E-state index in [4.69, 9.17) is 4.74 Å². The standard InChI is InChI=1S/C18H28N2O/c1-3-9-20-10-6-17(7-11-20)19-14(2)15-4-5-18-16(13-15)8-12-21-18/h4-5,13-14,17,19H,3,6-12H2,1-2H3. The molecule has 2 aliphatic rings. The van der Waals surface area contributed by atoms with Crippen molar-refractivity contribution in [3.63, 3.8) is 0 Å². The van der Waals surface area contributed by atoms with Crippen LogP contribution < -0.4 is 10.1 Å². The molecule has 0 aromatic heterocycles. The molecule has 0 amide bonds. The van der Waals surface area contributed by atoms with Crippen LogP contribution in [-0.2, 0) is 6.42 Å². The minimum absolute atomic E-state index is 0.429. The molecule has 0 aliphatic carbocycles. The fourth-order valence-corrected chi connectivity index (χ4v) is 3.57. The second-order valence-corrected chi connectivity index (χ2v) is 6.47. The third-order valence-electron chi connectivity index (χ3n) is 4.83. The number of nitrogens with zero attached hydrogens (tertiary/aromatic N) is 1. The minimum Gasteiger partial charge on any atom is -0.493 e. The monoisotopic (exact) mass is 288 g/mol. The van der Waals surface area contributed by atoms with Gasteiger partial charge in [-0.15, -0.1) is 0 Å². The molecule has 0 radical (unpaired) electrons. The van der Waals surface area contributed by atoms with E-state index in [1.54, 1.807) is 0 Å². The Morgan fingerprint density at radius 2 is 2.14 bits per heavy atom. The molecule has 116 valence electrons. The Hall–Kier alpha value is -1.06. The van der Waals surface area contributed by atoms with Gasteiger partial charge >= 0.3 is 0 Å². The van der Waals surface area contributed by atoms with Crippen LogP contribution >= 0.6 is 0 Å². The fourth-order valence-electron chi connectivity index (χ4n) is 3.57. The number of piperidine rings is 1. The lowest BCUT2D eigenvalue weighted by Gasteiger charge is -2.33. The Balaban J connectivity index is 1.53. The molecule has 0 saturated carbocycles. The molecule has 0 spiro atoms. The van der Waals surface area contributed by atoms with Gasteiger partial charge in [0.2, 0.25) is 0 Å². The maximum Gasteiger partial charge on any atom is 0.122 e. The van der Waals surface area contributed by atoms with Gasteiger partial charge in [-0.05, 0) is 63.0 Å². The first kappa shape index (κ1) is 14.9. The second-order valence-electron chi connectivity index (χ2n) is 6.47. The predicted molar refractivity (Wildman–Crippen MR) is 86.9 cm³/mol. The molecule has 1 unspecified atom stereocenters. The minimum atomic E-state index is 0.429. The Kier molecular flexibility index (Phi) is 4.81. The highest BCUT2D eigenvalue weighted by molar-refractivity contribution is 5.40. The SMILES string of the molecule is CCCN1CCC(NC(C)c2ccc3c(c2)CCO3)CC1. The first-order chi connectivity index (χ1) is 10.3. The van der Waals surface area contributed by atoms with Gasteiger partial charge in [-0.25, -0.2) is 0 Å². The van der Waals surface area contributed by atoms with Crippen LogP contribution in [0.2, 0.25) is 0 Å². The number of nitrogens with one attached hydrogen (secondary N) is 1. The summed E-state index contributed by atoms with van der Waals surface area (Å²) >= 11 is 0. The number of hydrogen-bond acceptors (Lipinski definition) is 3. The van der Waals surface area contributed by atoms with Crippen molar-refractivity contribution in [3.05, 3.63) is 29.3 Å². The summed E-state index contributed by atoms with van der Waals surface area (Å²) in [5.41, 5.74) is 2.77. The molecule has 1 aromatic rings. The lowest BCUT2D eigenvalue weighted by molar-refractivity contribution is 0.192. The van der Waals surface area contributed by atoms with E-state index < -0.39 is 0 Å². The van der Waals surface area contributed by atoms with E-state index in [1.807, 2.05) is 0 Å². The van der Waals surface area contributed by atoms with Crippen LogP contribution in [0.15, 0.2) is 18.2 Å². The average molecular weight is 288 g/mol. The molecular formula is C18H28N2O. The summed E-state index contributed by atoms with van der Waals surface area (Å²) < 4.78 is 5.59. The number of likely N-dealkylation sites (tertiary alicyclic amines) is 1. The molecule has 21 heavy (non-hydrogen) atoms. The van der Waals surface area contributed by atoms with Crippen molar-refractivity contribution in [3.8, 4) is 5.75 Å². The lowest BCUT2D eigenvalue weighted by atomic mass is 10.00. The summed E-state index contributed by atoms with van der Waals surface area (Å²) in [7, 11) is 0. The third-order valence-corrected chi connectivity index (χ3v) is 4.83. The van der Waals surface area contributed by atoms with Crippen molar-refractivity contribution in [1.82, 2.24) is 10.2 Å². The van der Waals surface area contributed by atoms with Crippen LogP contribution in [0.4, 0.5) is 0 Å². The highest BCUT2D eigenvalue weighted by atomic mass is 16.5. The van der Waals surface area contributed by atoms with Crippen LogP contribution in [0, 0.1) is 0 Å². The summed E-state index contributed by atoms with van der Waals surface area (Å²) in [6, 6.07) is 7.77. The van der Waals surface area contributed by atoms with Gasteiger partial charge in [-0.2, -0.15) is 0 Å². The van der Waals surface area contributed by atoms with E-state index in [2.05, 4.69) is 42.3 Å². The van der Waals surface area contributed by atoms with E-state index in [1.165, 1.54) is 50.0 Å². The molecule has 1 fully saturated rings. The van der Waals surface area contributed by atoms with Gasteiger partial charge in [0.1, 0.15) is 5.75 Å². The van der Waals surface area contributed by atoms with Crippen LogP contribution in [0.5, 0.6) is 5.75 Å². The smallest absolute Gasteiger partial charge is 0.122 e. The molecular weight excluding hydrogens is 260 g/mol. The number of benzene rings is 1. The Bertz CT molecular complexity index is 466. The van der Waals surface area contributed by atoms with Crippen molar-refractivity contribution in [2.75, 3.05) is 26.2 Å². The van der Waals surface area contributed by atoms with Gasteiger partial charge in [0.05, 0.1) is 6.61 Å². The van der Waals surface area contributed by atoms with Crippen LogP contribution in [0.1, 0.15) is 50.3 Å². The molecule has 3 heteroatoms. The Morgan fingerprint density at radius 3 is 2.90 bits per heavy atom. The quantitative estimate of drug-likeness (QED) is 0.901. The molecule has 1 N–H and O–H groups in total. The first-order valence-electron chi connectivity index (χ1n) is 8.50. The third kappa shape index (κ3) is 3.58. The van der Waals surface area contributed by atoms with Crippen molar-refractivity contribution in [1.29, 1.82) is 0 Å². The van der Waals surface area contributed by atoms with Crippen molar-refractivity contribution in [2.24, 2.45) is 0 Å². The van der Waals surface area contributed by atoms with Crippen molar-refractivity contribution in [2.45, 2.75) is 51.6 Å². The van der Waals surface area contributed by atoms with Crippen LogP contribution in [0.25, 0.3) is 0 Å². The summed E-state index contributed by atoms with van der Waals surface area (Å²) in [6.45, 7) is 9.15. The summed E-state index contributed by atoms with van der Waals surface area (Å²) in [5, 5.41) is 3.82. The van der Waals surface area contributed by atoms with Gasteiger partial charge < -0.3 is 15.0 Å². The molecule has 2 aliphatic heterocycles. The second kappa shape index (κ2) is 6.80. The van der Waals surface area contributed by atoms with Gasteiger partial charge in [0, 0.05) is 18.5 Å². The Labute approximate surface area is 128 Å². The summed E-state index contributed by atoms with van der Waals surface area (Å²) in [6.07, 6.45) is 4.88. The van der Waals surface area contributed by atoms with Gasteiger partial charge in [-0.1, -0.05) is 19.1 Å². The molecule has 2 heterocycles. The molecule has 3 nitrogen and oxygen atoms in total. The van der Waals surface area contributed by atoms with E-state index in [0.29, 0.717) is 12.1 Å². The lowest BCUT2D eigenvalue weighted by Crippen LogP contribution is -2.43. The number of rotatable bonds is 5. The molecule has 1 aromatic carbocycles.